The molecule has 0 aromatic heterocycles. The lowest BCUT2D eigenvalue weighted by atomic mass is 9.88. The second-order valence-corrected chi connectivity index (χ2v) is 4.91. The van der Waals surface area contributed by atoms with Crippen molar-refractivity contribution < 1.29 is 4.74 Å². The molecule has 2 nitrogen and oxygen atoms in total. The first-order valence-electron chi connectivity index (χ1n) is 6.23. The van der Waals surface area contributed by atoms with Gasteiger partial charge in [0.2, 0.25) is 0 Å². The number of aryl methyl sites for hydroxylation is 2. The largest absolute Gasteiger partial charge is 0.496 e. The number of allylic oxidation sites excluding steroid dienone is 1. The van der Waals surface area contributed by atoms with Gasteiger partial charge >= 0.3 is 0 Å². The maximum absolute atomic E-state index is 6.02. The quantitative estimate of drug-likeness (QED) is 0.848. The van der Waals surface area contributed by atoms with Crippen LogP contribution in [0.4, 0.5) is 0 Å². The van der Waals surface area contributed by atoms with Crippen LogP contribution in [0.15, 0.2) is 18.2 Å². The summed E-state index contributed by atoms with van der Waals surface area (Å²) >= 11 is 0. The zero-order chi connectivity index (χ0) is 12.4. The Morgan fingerprint density at radius 2 is 2.06 bits per heavy atom. The normalized spacial score (nSPS) is 20.0. The number of benzene rings is 1. The van der Waals surface area contributed by atoms with Crippen LogP contribution >= 0.6 is 0 Å². The van der Waals surface area contributed by atoms with E-state index in [1.807, 2.05) is 0 Å². The van der Waals surface area contributed by atoms with Crippen molar-refractivity contribution in [3.8, 4) is 5.75 Å². The lowest BCUT2D eigenvalue weighted by molar-refractivity contribution is 0.412. The van der Waals surface area contributed by atoms with E-state index in [0.717, 1.165) is 18.6 Å². The highest BCUT2D eigenvalue weighted by molar-refractivity contribution is 5.74. The molecule has 0 aliphatic heterocycles. The van der Waals surface area contributed by atoms with Gasteiger partial charge in [-0.15, -0.1) is 0 Å². The number of methoxy groups -OCH3 is 1. The van der Waals surface area contributed by atoms with E-state index in [2.05, 4.69) is 32.1 Å². The molecule has 0 fully saturated rings. The van der Waals surface area contributed by atoms with Gasteiger partial charge in [0.1, 0.15) is 5.75 Å². The molecule has 0 radical (unpaired) electrons. The minimum Gasteiger partial charge on any atom is -0.496 e. The highest BCUT2D eigenvalue weighted by Crippen LogP contribution is 2.35. The maximum Gasteiger partial charge on any atom is 0.126 e. The standard InChI is InChI=1S/C15H21NO/c1-10-7-11(2)15(14(8-10)17-3)12-5-4-6-13(16)9-12/h7-9,13H,4-6,16H2,1-3H3. The highest BCUT2D eigenvalue weighted by atomic mass is 16.5. The summed E-state index contributed by atoms with van der Waals surface area (Å²) in [5.74, 6) is 0.975. The van der Waals surface area contributed by atoms with Gasteiger partial charge in [0, 0.05) is 11.6 Å². The first kappa shape index (κ1) is 12.2. The fourth-order valence-corrected chi connectivity index (χ4v) is 2.66. The molecule has 0 heterocycles. The smallest absolute Gasteiger partial charge is 0.126 e. The third kappa shape index (κ3) is 2.52. The van der Waals surface area contributed by atoms with Gasteiger partial charge < -0.3 is 10.5 Å². The summed E-state index contributed by atoms with van der Waals surface area (Å²) < 4.78 is 5.51. The maximum atomic E-state index is 6.02. The zero-order valence-electron chi connectivity index (χ0n) is 10.9. The molecule has 92 valence electrons. The minimum absolute atomic E-state index is 0.198. The number of nitrogens with two attached hydrogens (primary N) is 1. The fraction of sp³-hybridized carbons (Fsp3) is 0.467. The second kappa shape index (κ2) is 4.92. The summed E-state index contributed by atoms with van der Waals surface area (Å²) in [7, 11) is 1.74. The lowest BCUT2D eigenvalue weighted by Gasteiger charge is -2.21. The van der Waals surface area contributed by atoms with E-state index in [4.69, 9.17) is 10.5 Å². The van der Waals surface area contributed by atoms with Gasteiger partial charge in [0.15, 0.2) is 0 Å². The molecule has 17 heavy (non-hydrogen) atoms. The van der Waals surface area contributed by atoms with E-state index in [-0.39, 0.29) is 6.04 Å². The molecule has 1 aliphatic carbocycles. The summed E-state index contributed by atoms with van der Waals surface area (Å²) in [5, 5.41) is 0. The van der Waals surface area contributed by atoms with Crippen molar-refractivity contribution in [3.63, 3.8) is 0 Å². The van der Waals surface area contributed by atoms with Gasteiger partial charge in [-0.3, -0.25) is 0 Å². The molecule has 1 aliphatic rings. The molecular weight excluding hydrogens is 210 g/mol. The van der Waals surface area contributed by atoms with E-state index in [9.17, 15) is 0 Å². The molecule has 0 bridgehead atoms. The number of hydrogen-bond acceptors (Lipinski definition) is 2. The van der Waals surface area contributed by atoms with Crippen LogP contribution < -0.4 is 10.5 Å². The van der Waals surface area contributed by atoms with Crippen molar-refractivity contribution in [1.29, 1.82) is 0 Å². The van der Waals surface area contributed by atoms with Crippen molar-refractivity contribution in [2.24, 2.45) is 5.73 Å². The van der Waals surface area contributed by atoms with E-state index in [1.165, 1.54) is 28.7 Å². The molecule has 0 saturated carbocycles. The molecular formula is C15H21NO. The third-order valence-electron chi connectivity index (χ3n) is 3.38. The van der Waals surface area contributed by atoms with Gasteiger partial charge in [0.25, 0.3) is 0 Å². The number of rotatable bonds is 2. The Balaban J connectivity index is 2.50. The van der Waals surface area contributed by atoms with Crippen molar-refractivity contribution in [2.45, 2.75) is 39.2 Å². The van der Waals surface area contributed by atoms with Gasteiger partial charge in [0.05, 0.1) is 7.11 Å². The lowest BCUT2D eigenvalue weighted by Crippen LogP contribution is -2.20. The summed E-state index contributed by atoms with van der Waals surface area (Å²) in [5.41, 5.74) is 11.1. The second-order valence-electron chi connectivity index (χ2n) is 4.91. The average molecular weight is 231 g/mol. The molecule has 0 spiro atoms. The van der Waals surface area contributed by atoms with Crippen LogP contribution in [0.25, 0.3) is 5.57 Å². The molecule has 1 aromatic rings. The molecule has 0 amide bonds. The molecule has 2 heteroatoms. The highest BCUT2D eigenvalue weighted by Gasteiger charge is 2.17. The summed E-state index contributed by atoms with van der Waals surface area (Å²) in [4.78, 5) is 0. The molecule has 2 rings (SSSR count). The Hall–Kier alpha value is -1.28. The fourth-order valence-electron chi connectivity index (χ4n) is 2.66. The zero-order valence-corrected chi connectivity index (χ0v) is 10.9. The number of hydrogen-bond donors (Lipinski definition) is 1. The molecule has 0 saturated heterocycles. The van der Waals surface area contributed by atoms with E-state index in [1.54, 1.807) is 7.11 Å². The Bertz CT molecular complexity index is 448. The minimum atomic E-state index is 0.198. The summed E-state index contributed by atoms with van der Waals surface area (Å²) in [6, 6.07) is 4.51. The van der Waals surface area contributed by atoms with Crippen LogP contribution in [0.1, 0.15) is 36.0 Å². The van der Waals surface area contributed by atoms with Crippen LogP contribution in [-0.2, 0) is 0 Å². The van der Waals surface area contributed by atoms with Crippen LogP contribution in [0.3, 0.4) is 0 Å². The van der Waals surface area contributed by atoms with E-state index < -0.39 is 0 Å². The Labute approximate surface area is 103 Å². The number of ether oxygens (including phenoxy) is 1. The van der Waals surface area contributed by atoms with Crippen molar-refractivity contribution in [1.82, 2.24) is 0 Å². The molecule has 2 N–H and O–H groups in total. The van der Waals surface area contributed by atoms with Crippen LogP contribution in [0.2, 0.25) is 0 Å². The first-order chi connectivity index (χ1) is 8.11. The van der Waals surface area contributed by atoms with Gasteiger partial charge in [-0.05, 0) is 55.9 Å². The average Bonchev–Trinajstić information content (AvgIpc) is 2.27. The van der Waals surface area contributed by atoms with Gasteiger partial charge in [-0.2, -0.15) is 0 Å². The third-order valence-corrected chi connectivity index (χ3v) is 3.38. The van der Waals surface area contributed by atoms with E-state index in [0.29, 0.717) is 0 Å². The van der Waals surface area contributed by atoms with Gasteiger partial charge in [-0.25, -0.2) is 0 Å². The SMILES string of the molecule is COc1cc(C)cc(C)c1C1=CC(N)CCC1. The summed E-state index contributed by atoms with van der Waals surface area (Å²) in [6.45, 7) is 4.24. The Morgan fingerprint density at radius 3 is 2.71 bits per heavy atom. The molecule has 1 atom stereocenters. The summed E-state index contributed by atoms with van der Waals surface area (Å²) in [6.07, 6.45) is 5.57. The monoisotopic (exact) mass is 231 g/mol. The van der Waals surface area contributed by atoms with Crippen molar-refractivity contribution >= 4 is 5.57 Å². The predicted octanol–water partition coefficient (Wildman–Crippen LogP) is 3.21. The van der Waals surface area contributed by atoms with Crippen LogP contribution in [0, 0.1) is 13.8 Å². The van der Waals surface area contributed by atoms with E-state index >= 15 is 0 Å². The Morgan fingerprint density at radius 1 is 1.29 bits per heavy atom. The molecule has 1 unspecified atom stereocenters. The van der Waals surface area contributed by atoms with Gasteiger partial charge in [-0.1, -0.05) is 12.1 Å². The predicted molar refractivity (Wildman–Crippen MR) is 72.3 cm³/mol. The van der Waals surface area contributed by atoms with Crippen molar-refractivity contribution in [2.75, 3.05) is 7.11 Å². The van der Waals surface area contributed by atoms with Crippen molar-refractivity contribution in [3.05, 3.63) is 34.9 Å². The van der Waals surface area contributed by atoms with Crippen LogP contribution in [0.5, 0.6) is 5.75 Å². The first-order valence-corrected chi connectivity index (χ1v) is 6.23. The molecule has 1 aromatic carbocycles. The topological polar surface area (TPSA) is 35.2 Å². The Kier molecular flexibility index (Phi) is 3.53. The van der Waals surface area contributed by atoms with Crippen LogP contribution in [-0.4, -0.2) is 13.2 Å².